The lowest BCUT2D eigenvalue weighted by molar-refractivity contribution is 0.344. The predicted octanol–water partition coefficient (Wildman–Crippen LogP) is 1.76. The number of hydrogen-bond acceptors (Lipinski definition) is 5. The fourth-order valence-corrected chi connectivity index (χ4v) is 2.42. The van der Waals surface area contributed by atoms with E-state index in [1.54, 1.807) is 18.1 Å². The zero-order valence-corrected chi connectivity index (χ0v) is 12.2. The van der Waals surface area contributed by atoms with Crippen molar-refractivity contribution >= 4 is 11.8 Å². The van der Waals surface area contributed by atoms with Gasteiger partial charge in [0, 0.05) is 7.05 Å². The summed E-state index contributed by atoms with van der Waals surface area (Å²) < 4.78 is 3.88. The van der Waals surface area contributed by atoms with Gasteiger partial charge in [-0.05, 0) is 27.7 Å². The van der Waals surface area contributed by atoms with E-state index in [0.717, 1.165) is 22.6 Å². The van der Waals surface area contributed by atoms with Crippen LogP contribution in [0.3, 0.4) is 0 Å². The first-order valence-corrected chi connectivity index (χ1v) is 6.76. The van der Waals surface area contributed by atoms with Crippen LogP contribution in [-0.2, 0) is 18.3 Å². The molecular formula is C11H18N6S. The van der Waals surface area contributed by atoms with E-state index in [-0.39, 0.29) is 5.54 Å². The SMILES string of the molecule is Cc1nc(CSc2nncn2C)n(C(C)(C)C)n1. The van der Waals surface area contributed by atoms with E-state index in [0.29, 0.717) is 0 Å². The Kier molecular flexibility index (Phi) is 3.43. The second-order valence-electron chi connectivity index (χ2n) is 5.17. The Labute approximate surface area is 111 Å². The Morgan fingerprint density at radius 1 is 1.33 bits per heavy atom. The molecule has 0 spiro atoms. The van der Waals surface area contributed by atoms with Gasteiger partial charge in [-0.3, -0.25) is 0 Å². The number of nitrogens with zero attached hydrogens (tertiary/aromatic N) is 6. The van der Waals surface area contributed by atoms with E-state index in [9.17, 15) is 0 Å². The highest BCUT2D eigenvalue weighted by molar-refractivity contribution is 7.98. The molecule has 0 aromatic carbocycles. The molecule has 2 aromatic heterocycles. The Bertz CT molecular complexity index is 536. The number of thioether (sulfide) groups is 1. The molecule has 0 unspecified atom stereocenters. The number of rotatable bonds is 3. The quantitative estimate of drug-likeness (QED) is 0.792. The summed E-state index contributed by atoms with van der Waals surface area (Å²) in [5, 5.41) is 13.2. The lowest BCUT2D eigenvalue weighted by atomic mass is 10.1. The molecule has 2 heterocycles. The lowest BCUT2D eigenvalue weighted by Crippen LogP contribution is -2.25. The topological polar surface area (TPSA) is 61.4 Å². The highest BCUT2D eigenvalue weighted by Gasteiger charge is 2.20. The van der Waals surface area contributed by atoms with E-state index >= 15 is 0 Å². The van der Waals surface area contributed by atoms with Gasteiger partial charge in [-0.25, -0.2) is 9.67 Å². The van der Waals surface area contributed by atoms with Crippen molar-refractivity contribution in [1.82, 2.24) is 29.5 Å². The van der Waals surface area contributed by atoms with Gasteiger partial charge >= 0.3 is 0 Å². The molecule has 2 rings (SSSR count). The minimum atomic E-state index is -0.0585. The van der Waals surface area contributed by atoms with Crippen LogP contribution in [0.4, 0.5) is 0 Å². The second-order valence-corrected chi connectivity index (χ2v) is 6.11. The molecule has 0 bridgehead atoms. The molecule has 0 N–H and O–H groups in total. The van der Waals surface area contributed by atoms with Gasteiger partial charge in [0.1, 0.15) is 18.0 Å². The van der Waals surface area contributed by atoms with Crippen LogP contribution in [0.5, 0.6) is 0 Å². The molecule has 0 fully saturated rings. The molecule has 0 saturated heterocycles. The van der Waals surface area contributed by atoms with Gasteiger partial charge < -0.3 is 4.57 Å². The minimum Gasteiger partial charge on any atom is -0.312 e. The summed E-state index contributed by atoms with van der Waals surface area (Å²) in [7, 11) is 1.93. The first kappa shape index (κ1) is 13.1. The molecule has 2 aromatic rings. The third-order valence-electron chi connectivity index (χ3n) is 2.42. The van der Waals surface area contributed by atoms with Crippen molar-refractivity contribution in [1.29, 1.82) is 0 Å². The third kappa shape index (κ3) is 2.72. The van der Waals surface area contributed by atoms with E-state index in [2.05, 4.69) is 41.1 Å². The van der Waals surface area contributed by atoms with Gasteiger partial charge in [-0.15, -0.1) is 10.2 Å². The molecule has 0 radical (unpaired) electrons. The normalized spacial score (nSPS) is 12.1. The molecular weight excluding hydrogens is 248 g/mol. The fraction of sp³-hybridized carbons (Fsp3) is 0.636. The summed E-state index contributed by atoms with van der Waals surface area (Å²) in [4.78, 5) is 4.48. The summed E-state index contributed by atoms with van der Waals surface area (Å²) in [6.45, 7) is 8.28. The first-order valence-electron chi connectivity index (χ1n) is 5.78. The van der Waals surface area contributed by atoms with Gasteiger partial charge in [0.2, 0.25) is 0 Å². The van der Waals surface area contributed by atoms with Crippen LogP contribution in [-0.4, -0.2) is 29.5 Å². The van der Waals surface area contributed by atoms with Gasteiger partial charge in [-0.2, -0.15) is 5.10 Å². The first-order chi connectivity index (χ1) is 8.38. The van der Waals surface area contributed by atoms with E-state index in [1.807, 2.05) is 23.2 Å². The zero-order chi connectivity index (χ0) is 13.3. The van der Waals surface area contributed by atoms with Crippen LogP contribution in [0.1, 0.15) is 32.4 Å². The Balaban J connectivity index is 2.17. The van der Waals surface area contributed by atoms with E-state index in [1.165, 1.54) is 0 Å². The molecule has 0 saturated carbocycles. The van der Waals surface area contributed by atoms with Crippen LogP contribution >= 0.6 is 11.8 Å². The summed E-state index contributed by atoms with van der Waals surface area (Å²) in [5.74, 6) is 2.51. The largest absolute Gasteiger partial charge is 0.312 e. The third-order valence-corrected chi connectivity index (χ3v) is 3.45. The van der Waals surface area contributed by atoms with Gasteiger partial charge in [-0.1, -0.05) is 11.8 Å². The maximum absolute atomic E-state index is 4.48. The van der Waals surface area contributed by atoms with Crippen molar-refractivity contribution in [3.05, 3.63) is 18.0 Å². The Hall–Kier alpha value is -1.37. The molecule has 0 aliphatic rings. The Morgan fingerprint density at radius 3 is 2.61 bits per heavy atom. The molecule has 7 heteroatoms. The van der Waals surface area contributed by atoms with Gasteiger partial charge in [0.25, 0.3) is 0 Å². The van der Waals surface area contributed by atoms with Crippen molar-refractivity contribution in [2.45, 2.75) is 44.1 Å². The van der Waals surface area contributed by atoms with Crippen molar-refractivity contribution in [3.8, 4) is 0 Å². The average Bonchev–Trinajstić information content (AvgIpc) is 2.81. The summed E-state index contributed by atoms with van der Waals surface area (Å²) >= 11 is 1.62. The van der Waals surface area contributed by atoms with Crippen LogP contribution < -0.4 is 0 Å². The number of hydrogen-bond donors (Lipinski definition) is 0. The zero-order valence-electron chi connectivity index (χ0n) is 11.4. The van der Waals surface area contributed by atoms with Crippen LogP contribution in [0.15, 0.2) is 11.5 Å². The van der Waals surface area contributed by atoms with E-state index < -0.39 is 0 Å². The molecule has 18 heavy (non-hydrogen) atoms. The lowest BCUT2D eigenvalue weighted by Gasteiger charge is -2.20. The molecule has 0 atom stereocenters. The standard InChI is InChI=1S/C11H18N6S/c1-8-13-9(17(15-8)11(2,3)4)6-18-10-14-12-7-16(10)5/h7H,6H2,1-5H3. The van der Waals surface area contributed by atoms with Crippen molar-refractivity contribution in [3.63, 3.8) is 0 Å². The fourth-order valence-electron chi connectivity index (χ4n) is 1.62. The average molecular weight is 266 g/mol. The smallest absolute Gasteiger partial charge is 0.191 e. The molecule has 0 aliphatic heterocycles. The molecule has 98 valence electrons. The van der Waals surface area contributed by atoms with Crippen LogP contribution in [0.25, 0.3) is 0 Å². The van der Waals surface area contributed by atoms with Gasteiger partial charge in [0.05, 0.1) is 11.3 Å². The number of aryl methyl sites for hydroxylation is 2. The maximum Gasteiger partial charge on any atom is 0.191 e. The summed E-state index contributed by atoms with van der Waals surface area (Å²) in [6.07, 6.45) is 1.70. The predicted molar refractivity (Wildman–Crippen MR) is 70.3 cm³/mol. The maximum atomic E-state index is 4.48. The molecule has 6 nitrogen and oxygen atoms in total. The van der Waals surface area contributed by atoms with Gasteiger partial charge in [0.15, 0.2) is 5.16 Å². The van der Waals surface area contributed by atoms with E-state index in [4.69, 9.17) is 0 Å². The van der Waals surface area contributed by atoms with Crippen molar-refractivity contribution in [2.24, 2.45) is 7.05 Å². The summed E-state index contributed by atoms with van der Waals surface area (Å²) in [6, 6.07) is 0. The molecule has 0 aliphatic carbocycles. The summed E-state index contributed by atoms with van der Waals surface area (Å²) in [5.41, 5.74) is -0.0585. The highest BCUT2D eigenvalue weighted by atomic mass is 32.2. The monoisotopic (exact) mass is 266 g/mol. The van der Waals surface area contributed by atoms with Crippen molar-refractivity contribution < 1.29 is 0 Å². The minimum absolute atomic E-state index is 0.0585. The Morgan fingerprint density at radius 2 is 2.06 bits per heavy atom. The van der Waals surface area contributed by atoms with Crippen LogP contribution in [0.2, 0.25) is 0 Å². The highest BCUT2D eigenvalue weighted by Crippen LogP contribution is 2.22. The van der Waals surface area contributed by atoms with Crippen molar-refractivity contribution in [2.75, 3.05) is 0 Å². The second kappa shape index (κ2) is 4.72. The molecule has 0 amide bonds. The van der Waals surface area contributed by atoms with Crippen LogP contribution in [0, 0.1) is 6.92 Å². The number of aromatic nitrogens is 6.